The highest BCUT2D eigenvalue weighted by Gasteiger charge is 2.13. The van der Waals surface area contributed by atoms with Gasteiger partial charge in [0.15, 0.2) is 0 Å². The first-order valence-electron chi connectivity index (χ1n) is 4.09. The normalized spacial score (nSPS) is 11.5. The second-order valence-electron chi connectivity index (χ2n) is 2.87. The van der Waals surface area contributed by atoms with Crippen molar-refractivity contribution in [2.45, 2.75) is 13.0 Å². The first-order chi connectivity index (χ1) is 7.04. The van der Waals surface area contributed by atoms with E-state index in [9.17, 15) is 4.79 Å². The van der Waals surface area contributed by atoms with E-state index in [2.05, 4.69) is 26.2 Å². The van der Waals surface area contributed by atoms with Gasteiger partial charge >= 0.3 is 5.97 Å². The van der Waals surface area contributed by atoms with E-state index in [-0.39, 0.29) is 5.82 Å². The van der Waals surface area contributed by atoms with Gasteiger partial charge in [0, 0.05) is 10.7 Å². The number of rotatable bonds is 3. The minimum absolute atomic E-state index is 0.274. The Morgan fingerprint density at radius 2 is 2.47 bits per heavy atom. The lowest BCUT2D eigenvalue weighted by atomic mass is 10.2. The van der Waals surface area contributed by atoms with Crippen molar-refractivity contribution >= 4 is 27.7 Å². The van der Waals surface area contributed by atoms with Crippen LogP contribution in [0.25, 0.3) is 0 Å². The summed E-state index contributed by atoms with van der Waals surface area (Å²) in [6.07, 6.45) is 1.50. The summed E-state index contributed by atoms with van der Waals surface area (Å²) >= 11 is 3.17. The van der Waals surface area contributed by atoms with Crippen molar-refractivity contribution < 1.29 is 9.90 Å². The second kappa shape index (κ2) is 4.75. The monoisotopic (exact) mass is 269 g/mol. The fourth-order valence-electron chi connectivity index (χ4n) is 0.906. The molecule has 0 saturated carbocycles. The molecule has 0 aromatic carbocycles. The van der Waals surface area contributed by atoms with Crippen LogP contribution in [0.5, 0.6) is 0 Å². The van der Waals surface area contributed by atoms with Crippen LogP contribution >= 0.6 is 15.9 Å². The van der Waals surface area contributed by atoms with Crippen LogP contribution in [-0.4, -0.2) is 22.1 Å². The molecular formula is C9H8BrN3O2. The van der Waals surface area contributed by atoms with Gasteiger partial charge in [0.2, 0.25) is 0 Å². The molecule has 0 radical (unpaired) electrons. The van der Waals surface area contributed by atoms with E-state index < -0.39 is 12.0 Å². The molecule has 1 aromatic rings. The van der Waals surface area contributed by atoms with Crippen molar-refractivity contribution in [1.29, 1.82) is 5.26 Å². The van der Waals surface area contributed by atoms with Crippen molar-refractivity contribution in [3.05, 3.63) is 22.3 Å². The third kappa shape index (κ3) is 2.92. The van der Waals surface area contributed by atoms with Gasteiger partial charge in [-0.25, -0.2) is 4.98 Å². The third-order valence-corrected chi connectivity index (χ3v) is 2.13. The molecule has 0 fully saturated rings. The quantitative estimate of drug-likeness (QED) is 0.871. The minimum Gasteiger partial charge on any atom is -0.480 e. The van der Waals surface area contributed by atoms with Crippen LogP contribution in [0.3, 0.4) is 0 Å². The van der Waals surface area contributed by atoms with Crippen LogP contribution in [0.4, 0.5) is 5.82 Å². The zero-order valence-electron chi connectivity index (χ0n) is 7.86. The Labute approximate surface area is 94.9 Å². The number of pyridine rings is 1. The number of halogens is 1. The first-order valence-corrected chi connectivity index (χ1v) is 4.89. The molecule has 0 aliphatic carbocycles. The summed E-state index contributed by atoms with van der Waals surface area (Å²) in [5.41, 5.74) is 0.303. The molecule has 1 unspecified atom stereocenters. The lowest BCUT2D eigenvalue weighted by molar-refractivity contribution is -0.137. The lowest BCUT2D eigenvalue weighted by Crippen LogP contribution is -2.26. The summed E-state index contributed by atoms with van der Waals surface area (Å²) in [7, 11) is 0. The standard InChI is InChI=1S/C9H8BrN3O2/c1-5(9(14)15)13-8-6(3-11)2-7(10)4-12-8/h2,4-5H,1H3,(H,12,13)(H,14,15). The molecule has 0 amide bonds. The molecule has 0 bridgehead atoms. The van der Waals surface area contributed by atoms with Crippen molar-refractivity contribution in [2.75, 3.05) is 5.32 Å². The number of nitriles is 1. The number of hydrogen-bond acceptors (Lipinski definition) is 4. The Bertz CT molecular complexity index is 428. The van der Waals surface area contributed by atoms with Crippen molar-refractivity contribution in [3.63, 3.8) is 0 Å². The average molecular weight is 270 g/mol. The Morgan fingerprint density at radius 1 is 1.80 bits per heavy atom. The first kappa shape index (κ1) is 11.5. The molecule has 1 rings (SSSR count). The van der Waals surface area contributed by atoms with Crippen molar-refractivity contribution in [3.8, 4) is 6.07 Å². The molecule has 6 heteroatoms. The fraction of sp³-hybridized carbons (Fsp3) is 0.222. The SMILES string of the molecule is CC(Nc1ncc(Br)cc1C#N)C(=O)O. The van der Waals surface area contributed by atoms with E-state index in [1.807, 2.05) is 6.07 Å². The van der Waals surface area contributed by atoms with E-state index in [0.717, 1.165) is 0 Å². The highest BCUT2D eigenvalue weighted by molar-refractivity contribution is 9.10. The van der Waals surface area contributed by atoms with Gasteiger partial charge in [-0.1, -0.05) is 0 Å². The van der Waals surface area contributed by atoms with Gasteiger partial charge in [0.05, 0.1) is 5.56 Å². The van der Waals surface area contributed by atoms with Gasteiger partial charge in [0.1, 0.15) is 17.9 Å². The van der Waals surface area contributed by atoms with Gasteiger partial charge in [-0.05, 0) is 28.9 Å². The molecule has 0 saturated heterocycles. The number of carboxylic acids is 1. The Hall–Kier alpha value is -1.61. The molecular weight excluding hydrogens is 262 g/mol. The topological polar surface area (TPSA) is 86.0 Å². The molecule has 78 valence electrons. The number of nitrogens with zero attached hydrogens (tertiary/aromatic N) is 2. The highest BCUT2D eigenvalue weighted by Crippen LogP contribution is 2.17. The van der Waals surface area contributed by atoms with Gasteiger partial charge in [-0.15, -0.1) is 0 Å². The Kier molecular flexibility index (Phi) is 3.63. The van der Waals surface area contributed by atoms with Gasteiger partial charge in [-0.2, -0.15) is 5.26 Å². The molecule has 0 aliphatic rings. The maximum absolute atomic E-state index is 10.6. The fourth-order valence-corrected chi connectivity index (χ4v) is 1.24. The smallest absolute Gasteiger partial charge is 0.325 e. The second-order valence-corrected chi connectivity index (χ2v) is 3.78. The van der Waals surface area contributed by atoms with Gasteiger partial charge in [0.25, 0.3) is 0 Å². The van der Waals surface area contributed by atoms with Gasteiger partial charge in [-0.3, -0.25) is 4.79 Å². The molecule has 5 nitrogen and oxygen atoms in total. The number of anilines is 1. The summed E-state index contributed by atoms with van der Waals surface area (Å²) < 4.78 is 0.674. The minimum atomic E-state index is -0.997. The highest BCUT2D eigenvalue weighted by atomic mass is 79.9. The number of carbonyl (C=O) groups is 1. The molecule has 1 aromatic heterocycles. The van der Waals surface area contributed by atoms with Crippen LogP contribution in [-0.2, 0) is 4.79 Å². The zero-order chi connectivity index (χ0) is 11.4. The molecule has 0 spiro atoms. The van der Waals surface area contributed by atoms with Crippen LogP contribution in [0.2, 0.25) is 0 Å². The van der Waals surface area contributed by atoms with Crippen LogP contribution < -0.4 is 5.32 Å². The Balaban J connectivity index is 2.96. The van der Waals surface area contributed by atoms with Crippen molar-refractivity contribution in [1.82, 2.24) is 4.98 Å². The maximum Gasteiger partial charge on any atom is 0.325 e. The van der Waals surface area contributed by atoms with E-state index in [4.69, 9.17) is 10.4 Å². The van der Waals surface area contributed by atoms with E-state index in [1.54, 1.807) is 6.07 Å². The molecule has 1 atom stereocenters. The number of aliphatic carboxylic acids is 1. The number of carboxylic acid groups (broad SMARTS) is 1. The molecule has 0 aliphatic heterocycles. The average Bonchev–Trinajstić information content (AvgIpc) is 2.20. The molecule has 2 N–H and O–H groups in total. The van der Waals surface area contributed by atoms with Crippen LogP contribution in [0.15, 0.2) is 16.7 Å². The van der Waals surface area contributed by atoms with Crippen LogP contribution in [0.1, 0.15) is 12.5 Å². The number of aromatic nitrogens is 1. The van der Waals surface area contributed by atoms with Gasteiger partial charge < -0.3 is 10.4 Å². The van der Waals surface area contributed by atoms with Crippen LogP contribution in [0, 0.1) is 11.3 Å². The summed E-state index contributed by atoms with van der Waals surface area (Å²) in [5.74, 6) is -0.723. The molecule has 15 heavy (non-hydrogen) atoms. The lowest BCUT2D eigenvalue weighted by Gasteiger charge is -2.10. The van der Waals surface area contributed by atoms with E-state index in [0.29, 0.717) is 10.0 Å². The Morgan fingerprint density at radius 3 is 3.00 bits per heavy atom. The molecule has 1 heterocycles. The number of nitrogens with one attached hydrogen (secondary N) is 1. The maximum atomic E-state index is 10.6. The van der Waals surface area contributed by atoms with Crippen molar-refractivity contribution in [2.24, 2.45) is 0 Å². The van der Waals surface area contributed by atoms with E-state index in [1.165, 1.54) is 13.1 Å². The summed E-state index contributed by atoms with van der Waals surface area (Å²) in [5, 5.41) is 20.1. The predicted octanol–water partition coefficient (Wildman–Crippen LogP) is 1.60. The summed E-state index contributed by atoms with van der Waals surface area (Å²) in [6, 6.07) is 2.72. The zero-order valence-corrected chi connectivity index (χ0v) is 9.45. The van der Waals surface area contributed by atoms with E-state index >= 15 is 0 Å². The summed E-state index contributed by atoms with van der Waals surface area (Å²) in [6.45, 7) is 1.48. The third-order valence-electron chi connectivity index (χ3n) is 1.70. The summed E-state index contributed by atoms with van der Waals surface area (Å²) in [4.78, 5) is 14.5. The predicted molar refractivity (Wildman–Crippen MR) is 57.4 cm³/mol. The largest absolute Gasteiger partial charge is 0.480 e. The number of hydrogen-bond donors (Lipinski definition) is 2.